The normalized spacial score (nSPS) is 24.1. The fourth-order valence-corrected chi connectivity index (χ4v) is 26.2. The lowest BCUT2D eigenvalue weighted by atomic mass is 9.99. The fourth-order valence-electron chi connectivity index (χ4n) is 13.4. The van der Waals surface area contributed by atoms with Gasteiger partial charge in [0.05, 0.1) is 34.0 Å². The summed E-state index contributed by atoms with van der Waals surface area (Å²) >= 11 is 0. The summed E-state index contributed by atoms with van der Waals surface area (Å²) in [6, 6.07) is 9.64. The number of aromatic nitrogens is 2. The summed E-state index contributed by atoms with van der Waals surface area (Å²) in [7, 11) is -2.91. The van der Waals surface area contributed by atoms with Gasteiger partial charge in [0.25, 0.3) is 0 Å². The van der Waals surface area contributed by atoms with Crippen molar-refractivity contribution >= 4 is 14.8 Å². The number of pyridine rings is 2. The summed E-state index contributed by atoms with van der Waals surface area (Å²) in [5.74, 6) is 0. The van der Waals surface area contributed by atoms with E-state index in [4.69, 9.17) is 9.53 Å². The molecule has 6 heteroatoms. The van der Waals surface area contributed by atoms with Crippen LogP contribution in [-0.4, -0.2) is 43.1 Å². The minimum atomic E-state index is -1.46. The van der Waals surface area contributed by atoms with Crippen LogP contribution in [-0.2, 0) is 13.1 Å². The minimum absolute atomic E-state index is 0.904. The van der Waals surface area contributed by atoms with Gasteiger partial charge in [0.2, 0.25) is 0 Å². The Kier molecular flexibility index (Phi) is 14.8. The second-order valence-corrected chi connectivity index (χ2v) is 27.4. The van der Waals surface area contributed by atoms with Gasteiger partial charge >= 0.3 is 0 Å². The van der Waals surface area contributed by atoms with Gasteiger partial charge in [0, 0.05) is 37.9 Å². The van der Waals surface area contributed by atoms with Gasteiger partial charge in [-0.2, -0.15) is 0 Å². The summed E-state index contributed by atoms with van der Waals surface area (Å²) in [6.07, 6.45) is 54.4. The van der Waals surface area contributed by atoms with E-state index >= 15 is 0 Å². The van der Waals surface area contributed by atoms with E-state index in [0.29, 0.717) is 0 Å². The number of nitrogens with zero attached hydrogens (tertiary/aromatic N) is 4. The summed E-state index contributed by atoms with van der Waals surface area (Å²) < 4.78 is 17.1. The van der Waals surface area contributed by atoms with Crippen LogP contribution in [0.5, 0.6) is 0 Å². The molecule has 0 N–H and O–H groups in total. The smallest absolute Gasteiger partial charge is 0.142 e. The molecule has 6 aliphatic carbocycles. The Morgan fingerprint density at radius 2 is 0.564 bits per heavy atom. The maximum atomic E-state index is 6.14. The van der Waals surface area contributed by atoms with Gasteiger partial charge < -0.3 is 9.13 Å². The Labute approximate surface area is 338 Å². The van der Waals surface area contributed by atoms with Crippen LogP contribution in [0.4, 0.5) is 0 Å². The summed E-state index contributed by atoms with van der Waals surface area (Å²) in [5, 5.41) is 2.63. The first-order valence-corrected chi connectivity index (χ1v) is 28.3. The lowest BCUT2D eigenvalue weighted by molar-refractivity contribution is 0.450. The van der Waals surface area contributed by atoms with Crippen LogP contribution in [0.1, 0.15) is 199 Å². The molecular formula is C49H80N4P2+2. The summed E-state index contributed by atoms with van der Waals surface area (Å²) in [4.78, 5) is 0. The molecule has 6 aliphatic rings. The molecule has 4 nitrogen and oxygen atoms in total. The zero-order chi connectivity index (χ0) is 37.2. The molecule has 0 spiro atoms. The van der Waals surface area contributed by atoms with Crippen LogP contribution in [0, 0.1) is 0 Å². The van der Waals surface area contributed by atoms with Crippen molar-refractivity contribution in [3.8, 4) is 0 Å². The molecule has 6 fully saturated rings. The summed E-state index contributed by atoms with van der Waals surface area (Å²) in [6.45, 7) is 2.13. The van der Waals surface area contributed by atoms with E-state index in [1.54, 1.807) is 0 Å². The van der Waals surface area contributed by atoms with E-state index in [9.17, 15) is 0 Å². The molecule has 2 heterocycles. The van der Waals surface area contributed by atoms with Gasteiger partial charge in [-0.05, 0) is 185 Å². The Balaban J connectivity index is 0.973. The largest absolute Gasteiger partial charge is 0.354 e. The zero-order valence-electron chi connectivity index (χ0n) is 35.1. The minimum Gasteiger partial charge on any atom is -0.354 e. The predicted octanol–water partition coefficient (Wildman–Crippen LogP) is 14.0. The molecule has 2 aromatic heterocycles. The van der Waals surface area contributed by atoms with Crippen LogP contribution < -0.4 is 10.7 Å². The van der Waals surface area contributed by atoms with Gasteiger partial charge in [0.1, 0.15) is 25.5 Å². The van der Waals surface area contributed by atoms with Crippen molar-refractivity contribution in [3.05, 3.63) is 59.8 Å². The first-order valence-electron chi connectivity index (χ1n) is 24.4. The Bertz CT molecular complexity index is 1320. The Morgan fingerprint density at radius 3 is 0.782 bits per heavy atom. The second-order valence-electron chi connectivity index (χ2n) is 19.5. The third-order valence-electron chi connectivity index (χ3n) is 16.1. The van der Waals surface area contributed by atoms with E-state index in [2.05, 4.69) is 58.2 Å². The van der Waals surface area contributed by atoms with Crippen molar-refractivity contribution in [3.63, 3.8) is 0 Å². The predicted molar refractivity (Wildman–Crippen MR) is 240 cm³/mol. The molecule has 0 aromatic carbocycles. The molecule has 0 radical (unpaired) electrons. The molecule has 2 aromatic rings. The van der Waals surface area contributed by atoms with Gasteiger partial charge in [-0.1, -0.05) is 38.5 Å². The standard InChI is InChI=1S/C49H80N4P2/c1-7-20-44(21-8-1)54(45-22-9-2-10-23-45,46-24-11-3-12-25-46)50-42-32-38-52(39-33-42)36-19-37-53-40-34-43(35-41-53)51-55(47-26-13-4-14-27-47,48-28-15-5-16-29-48)49-30-17-6-18-31-49/h32-35,38-41,44-49H,1-31,36-37H2/q+2. The van der Waals surface area contributed by atoms with Crippen molar-refractivity contribution in [1.82, 2.24) is 9.13 Å². The Morgan fingerprint density at radius 1 is 0.345 bits per heavy atom. The van der Waals surface area contributed by atoms with Crippen LogP contribution >= 0.6 is 14.8 Å². The molecule has 0 amide bonds. The van der Waals surface area contributed by atoms with Gasteiger partial charge in [0.15, 0.2) is 0 Å². The van der Waals surface area contributed by atoms with E-state index in [1.165, 1.54) is 203 Å². The number of rotatable bonds is 12. The second kappa shape index (κ2) is 20.1. The molecule has 0 saturated heterocycles. The average Bonchev–Trinajstić information content (AvgIpc) is 3.27. The third-order valence-corrected chi connectivity index (χ3v) is 27.4. The monoisotopic (exact) mass is 787 g/mol. The highest BCUT2D eigenvalue weighted by molar-refractivity contribution is 7.77. The molecule has 6 saturated carbocycles. The average molecular weight is 787 g/mol. The van der Waals surface area contributed by atoms with E-state index in [-0.39, 0.29) is 0 Å². The quantitative estimate of drug-likeness (QED) is 0.192. The molecule has 55 heavy (non-hydrogen) atoms. The fraction of sp³-hybridized carbons (Fsp3) is 0.796. The third kappa shape index (κ3) is 9.64. The van der Waals surface area contributed by atoms with Crippen molar-refractivity contribution < 1.29 is 0 Å². The van der Waals surface area contributed by atoms with E-state index in [1.807, 2.05) is 0 Å². The van der Waals surface area contributed by atoms with Crippen molar-refractivity contribution in [2.24, 2.45) is 9.53 Å². The molecular weight excluding hydrogens is 707 g/mol. The highest BCUT2D eigenvalue weighted by Crippen LogP contribution is 2.79. The van der Waals surface area contributed by atoms with E-state index < -0.39 is 14.8 Å². The highest BCUT2D eigenvalue weighted by Gasteiger charge is 2.59. The van der Waals surface area contributed by atoms with Gasteiger partial charge in [-0.25, -0.2) is 0 Å². The van der Waals surface area contributed by atoms with E-state index in [0.717, 1.165) is 53.5 Å². The molecule has 0 atom stereocenters. The molecule has 0 aliphatic heterocycles. The van der Waals surface area contributed by atoms with Crippen molar-refractivity contribution in [2.45, 2.75) is 246 Å². The van der Waals surface area contributed by atoms with Crippen LogP contribution in [0.25, 0.3) is 0 Å². The Hall–Kier alpha value is -1.24. The highest BCUT2D eigenvalue weighted by atomic mass is 31.2. The molecule has 8 rings (SSSR count). The van der Waals surface area contributed by atoms with Crippen LogP contribution in [0.3, 0.4) is 0 Å². The van der Waals surface area contributed by atoms with Crippen molar-refractivity contribution in [2.75, 3.05) is 0 Å². The SMILES string of the molecule is c1cn(CCCn2ccc(=N[P+](C3CCCCC3)(C3CCCCC3)C3CCCCC3)cc2)ccc1=N[P+](C1CCCCC1)(C1CCCCC1)C1CCCCC1. The lowest BCUT2D eigenvalue weighted by Crippen LogP contribution is -2.35. The molecule has 0 unspecified atom stereocenters. The van der Waals surface area contributed by atoms with Crippen LogP contribution in [0.15, 0.2) is 58.6 Å². The zero-order valence-corrected chi connectivity index (χ0v) is 36.9. The topological polar surface area (TPSA) is 34.6 Å². The number of hydrogen-bond acceptors (Lipinski definition) is 2. The van der Waals surface area contributed by atoms with Crippen molar-refractivity contribution in [1.29, 1.82) is 0 Å². The maximum Gasteiger partial charge on any atom is 0.142 e. The number of hydrogen-bond donors (Lipinski definition) is 0. The lowest BCUT2D eigenvalue weighted by Gasteiger charge is -2.45. The van der Waals surface area contributed by atoms with Gasteiger partial charge in [-0.15, -0.1) is 9.53 Å². The summed E-state index contributed by atoms with van der Waals surface area (Å²) in [5.41, 5.74) is 5.42. The molecule has 0 bridgehead atoms. The first kappa shape index (κ1) is 40.5. The van der Waals surface area contributed by atoms with Gasteiger partial charge in [-0.3, -0.25) is 0 Å². The van der Waals surface area contributed by atoms with Crippen LogP contribution in [0.2, 0.25) is 0 Å². The first-order chi connectivity index (χ1) is 27.2. The number of aryl methyl sites for hydroxylation is 2. The molecule has 304 valence electrons. The maximum absolute atomic E-state index is 6.14.